The van der Waals surface area contributed by atoms with E-state index in [0.29, 0.717) is 17.6 Å². The molecule has 6 nitrogen and oxygen atoms in total. The third-order valence-corrected chi connectivity index (χ3v) is 4.95. The van der Waals surface area contributed by atoms with Crippen molar-refractivity contribution in [3.05, 3.63) is 18.1 Å². The van der Waals surface area contributed by atoms with E-state index >= 15 is 0 Å². The van der Waals surface area contributed by atoms with Crippen molar-refractivity contribution in [1.82, 2.24) is 14.9 Å². The molecular formula is C17H26N4O2. The lowest BCUT2D eigenvalue weighted by Gasteiger charge is -2.28. The molecular weight excluding hydrogens is 292 g/mol. The fraction of sp³-hybridized carbons (Fsp3) is 0.706. The Morgan fingerprint density at radius 2 is 2.00 bits per heavy atom. The second-order valence-electron chi connectivity index (χ2n) is 6.65. The number of nitrogens with two attached hydrogens (primary N) is 1. The van der Waals surface area contributed by atoms with Crippen LogP contribution in [0.25, 0.3) is 0 Å². The molecule has 3 heterocycles. The predicted octanol–water partition coefficient (Wildman–Crippen LogP) is 1.66. The molecule has 1 amide bonds. The summed E-state index contributed by atoms with van der Waals surface area (Å²) in [5, 5.41) is 0. The van der Waals surface area contributed by atoms with Gasteiger partial charge in [-0.2, -0.15) is 0 Å². The maximum Gasteiger partial charge on any atom is 0.225 e. The van der Waals surface area contributed by atoms with E-state index in [0.717, 1.165) is 70.5 Å². The SMILES string of the molecule is Nc1cnc(CC2CCCN(C(=O)C3CCOCC3)CC2)cn1. The van der Waals surface area contributed by atoms with Crippen molar-refractivity contribution < 1.29 is 9.53 Å². The van der Waals surface area contributed by atoms with Crippen LogP contribution in [-0.4, -0.2) is 47.1 Å². The second-order valence-corrected chi connectivity index (χ2v) is 6.65. The summed E-state index contributed by atoms with van der Waals surface area (Å²) in [4.78, 5) is 23.2. The molecule has 1 unspecified atom stereocenters. The van der Waals surface area contributed by atoms with E-state index in [-0.39, 0.29) is 5.92 Å². The average molecular weight is 318 g/mol. The summed E-state index contributed by atoms with van der Waals surface area (Å²) in [5.41, 5.74) is 6.57. The zero-order valence-electron chi connectivity index (χ0n) is 13.6. The predicted molar refractivity (Wildman–Crippen MR) is 87.6 cm³/mol. The quantitative estimate of drug-likeness (QED) is 0.916. The van der Waals surface area contributed by atoms with Gasteiger partial charge in [-0.25, -0.2) is 4.98 Å². The van der Waals surface area contributed by atoms with Crippen molar-refractivity contribution in [2.75, 3.05) is 32.0 Å². The molecule has 0 aromatic carbocycles. The van der Waals surface area contributed by atoms with Gasteiger partial charge in [0.25, 0.3) is 0 Å². The Labute approximate surface area is 137 Å². The van der Waals surface area contributed by atoms with Crippen molar-refractivity contribution in [2.24, 2.45) is 11.8 Å². The van der Waals surface area contributed by atoms with Crippen LogP contribution >= 0.6 is 0 Å². The van der Waals surface area contributed by atoms with Crippen molar-refractivity contribution in [3.8, 4) is 0 Å². The van der Waals surface area contributed by atoms with Crippen LogP contribution in [0.1, 0.15) is 37.8 Å². The van der Waals surface area contributed by atoms with Crippen molar-refractivity contribution in [1.29, 1.82) is 0 Å². The van der Waals surface area contributed by atoms with E-state index in [1.165, 1.54) is 0 Å². The van der Waals surface area contributed by atoms with E-state index < -0.39 is 0 Å². The molecule has 2 saturated heterocycles. The number of hydrogen-bond acceptors (Lipinski definition) is 5. The van der Waals surface area contributed by atoms with Gasteiger partial charge in [-0.05, 0) is 44.4 Å². The summed E-state index contributed by atoms with van der Waals surface area (Å²) in [6.45, 7) is 3.20. The number of rotatable bonds is 3. The van der Waals surface area contributed by atoms with Gasteiger partial charge in [0, 0.05) is 32.2 Å². The third kappa shape index (κ3) is 4.41. The number of nitrogen functional groups attached to an aromatic ring is 1. The molecule has 0 bridgehead atoms. The van der Waals surface area contributed by atoms with Gasteiger partial charge in [0.15, 0.2) is 0 Å². The molecule has 0 spiro atoms. The second kappa shape index (κ2) is 7.73. The number of aromatic nitrogens is 2. The Hall–Kier alpha value is -1.69. The highest BCUT2D eigenvalue weighted by molar-refractivity contribution is 5.79. The number of anilines is 1. The van der Waals surface area contributed by atoms with E-state index in [1.54, 1.807) is 12.4 Å². The smallest absolute Gasteiger partial charge is 0.225 e. The number of nitrogens with zero attached hydrogens (tertiary/aromatic N) is 3. The molecule has 2 aliphatic heterocycles. The molecule has 0 saturated carbocycles. The minimum absolute atomic E-state index is 0.170. The average Bonchev–Trinajstić information content (AvgIpc) is 2.83. The Morgan fingerprint density at radius 3 is 2.74 bits per heavy atom. The first kappa shape index (κ1) is 16.2. The van der Waals surface area contributed by atoms with E-state index in [4.69, 9.17) is 10.5 Å². The number of likely N-dealkylation sites (tertiary alicyclic amines) is 1. The van der Waals surface area contributed by atoms with Gasteiger partial charge < -0.3 is 15.4 Å². The van der Waals surface area contributed by atoms with Crippen LogP contribution < -0.4 is 5.73 Å². The van der Waals surface area contributed by atoms with Gasteiger partial charge in [-0.1, -0.05) is 0 Å². The minimum Gasteiger partial charge on any atom is -0.382 e. The monoisotopic (exact) mass is 318 g/mol. The number of ether oxygens (including phenoxy) is 1. The van der Waals surface area contributed by atoms with Gasteiger partial charge >= 0.3 is 0 Å². The van der Waals surface area contributed by atoms with Crippen molar-refractivity contribution in [3.63, 3.8) is 0 Å². The summed E-state index contributed by atoms with van der Waals surface area (Å²) in [5.74, 6) is 1.53. The van der Waals surface area contributed by atoms with E-state index in [1.807, 2.05) is 0 Å². The Morgan fingerprint density at radius 1 is 1.17 bits per heavy atom. The maximum atomic E-state index is 12.6. The number of carbonyl (C=O) groups excluding carboxylic acids is 1. The molecule has 23 heavy (non-hydrogen) atoms. The molecule has 2 fully saturated rings. The van der Waals surface area contributed by atoms with Gasteiger partial charge in [0.05, 0.1) is 18.1 Å². The molecule has 0 radical (unpaired) electrons. The first-order valence-electron chi connectivity index (χ1n) is 8.65. The normalized spacial score (nSPS) is 23.5. The van der Waals surface area contributed by atoms with Crippen LogP contribution in [0, 0.1) is 11.8 Å². The molecule has 1 aromatic heterocycles. The lowest BCUT2D eigenvalue weighted by atomic mass is 9.95. The lowest BCUT2D eigenvalue weighted by molar-refractivity contribution is -0.138. The van der Waals surface area contributed by atoms with Gasteiger partial charge in [-0.3, -0.25) is 9.78 Å². The number of hydrogen-bond donors (Lipinski definition) is 1. The molecule has 126 valence electrons. The topological polar surface area (TPSA) is 81.3 Å². The summed E-state index contributed by atoms with van der Waals surface area (Å²) >= 11 is 0. The molecule has 6 heteroatoms. The summed E-state index contributed by atoms with van der Waals surface area (Å²) in [6, 6.07) is 0. The molecule has 0 aliphatic carbocycles. The highest BCUT2D eigenvalue weighted by Crippen LogP contribution is 2.24. The molecule has 1 aromatic rings. The van der Waals surface area contributed by atoms with Crippen LogP contribution in [0.3, 0.4) is 0 Å². The molecule has 1 atom stereocenters. The summed E-state index contributed by atoms with van der Waals surface area (Å²) in [6.07, 6.45) is 9.32. The van der Waals surface area contributed by atoms with Crippen molar-refractivity contribution in [2.45, 2.75) is 38.5 Å². The van der Waals surface area contributed by atoms with Crippen LogP contribution in [0.2, 0.25) is 0 Å². The molecule has 2 N–H and O–H groups in total. The largest absolute Gasteiger partial charge is 0.382 e. The Bertz CT molecular complexity index is 514. The first-order chi connectivity index (χ1) is 11.2. The standard InChI is InChI=1S/C17H26N4O2/c18-16-12-19-15(11-20-16)10-13-2-1-6-21(7-3-13)17(22)14-4-8-23-9-5-14/h11-14H,1-10H2,(H2,18,20). The first-order valence-corrected chi connectivity index (χ1v) is 8.65. The minimum atomic E-state index is 0.170. The van der Waals surface area contributed by atoms with Gasteiger partial charge in [0.1, 0.15) is 5.82 Å². The fourth-order valence-electron chi connectivity index (χ4n) is 3.56. The fourth-order valence-corrected chi connectivity index (χ4v) is 3.56. The van der Waals surface area contributed by atoms with Crippen molar-refractivity contribution >= 4 is 11.7 Å². The highest BCUT2D eigenvalue weighted by atomic mass is 16.5. The Kier molecular flexibility index (Phi) is 5.43. The molecule has 2 aliphatic rings. The van der Waals surface area contributed by atoms with E-state index in [2.05, 4.69) is 14.9 Å². The Balaban J connectivity index is 1.52. The zero-order chi connectivity index (χ0) is 16.1. The molecule has 3 rings (SSSR count). The maximum absolute atomic E-state index is 12.6. The van der Waals surface area contributed by atoms with E-state index in [9.17, 15) is 4.79 Å². The number of carbonyl (C=O) groups is 1. The van der Waals surface area contributed by atoms with Crippen LogP contribution in [-0.2, 0) is 16.0 Å². The van der Waals surface area contributed by atoms with Gasteiger partial charge in [0.2, 0.25) is 5.91 Å². The lowest BCUT2D eigenvalue weighted by Crippen LogP contribution is -2.39. The van der Waals surface area contributed by atoms with Gasteiger partial charge in [-0.15, -0.1) is 0 Å². The van der Waals surface area contributed by atoms with Crippen LogP contribution in [0.4, 0.5) is 5.82 Å². The zero-order valence-corrected chi connectivity index (χ0v) is 13.6. The number of amides is 1. The summed E-state index contributed by atoms with van der Waals surface area (Å²) < 4.78 is 5.36. The third-order valence-electron chi connectivity index (χ3n) is 4.95. The van der Waals surface area contributed by atoms with Crippen LogP contribution in [0.5, 0.6) is 0 Å². The highest BCUT2D eigenvalue weighted by Gasteiger charge is 2.28. The summed E-state index contributed by atoms with van der Waals surface area (Å²) in [7, 11) is 0. The van der Waals surface area contributed by atoms with Crippen LogP contribution in [0.15, 0.2) is 12.4 Å².